The summed E-state index contributed by atoms with van der Waals surface area (Å²) in [6, 6.07) is 5.33. The molecule has 11 heteroatoms. The molecule has 1 aromatic carbocycles. The third kappa shape index (κ3) is 7.73. The number of aliphatic imine (C=N–C) groups is 1. The molecule has 0 bridgehead atoms. The maximum absolute atomic E-state index is 12.8. The predicted octanol–water partition coefficient (Wildman–Crippen LogP) is 2.38. The second-order valence-electron chi connectivity index (χ2n) is 5.19. The topological polar surface area (TPSA) is 113 Å². The highest BCUT2D eigenvalue weighted by molar-refractivity contribution is 7.99. The number of amides is 4. The van der Waals surface area contributed by atoms with E-state index >= 15 is 0 Å². The van der Waals surface area contributed by atoms with Gasteiger partial charge in [0.1, 0.15) is 0 Å². The molecular weight excluding hydrogens is 400 g/mol. The van der Waals surface area contributed by atoms with Gasteiger partial charge < -0.3 is 4.90 Å². The molecule has 26 heavy (non-hydrogen) atoms. The van der Waals surface area contributed by atoms with Gasteiger partial charge in [0.25, 0.3) is 0 Å². The van der Waals surface area contributed by atoms with Gasteiger partial charge in [-0.25, -0.2) is 33.0 Å². The number of hydrogen-bond acceptors (Lipinski definition) is 5. The lowest BCUT2D eigenvalue weighted by Crippen LogP contribution is -2.47. The monoisotopic (exact) mass is 420 g/mol. The third-order valence-corrected chi connectivity index (χ3v) is 5.11. The summed E-state index contributed by atoms with van der Waals surface area (Å²) >= 11 is 7.34. The fourth-order valence-corrected chi connectivity index (χ4v) is 3.10. The predicted molar refractivity (Wildman–Crippen MR) is 105 cm³/mol. The summed E-state index contributed by atoms with van der Waals surface area (Å²) in [4.78, 5) is 30.1. The van der Waals surface area contributed by atoms with Crippen molar-refractivity contribution in [2.45, 2.75) is 13.5 Å². The zero-order valence-corrected chi connectivity index (χ0v) is 16.7. The summed E-state index contributed by atoms with van der Waals surface area (Å²) < 4.78 is 22.4. The van der Waals surface area contributed by atoms with E-state index in [1.54, 1.807) is 24.3 Å². The van der Waals surface area contributed by atoms with Crippen LogP contribution in [0.5, 0.6) is 0 Å². The third-order valence-electron chi connectivity index (χ3n) is 3.20. The zero-order chi connectivity index (χ0) is 19.7. The molecule has 0 heterocycles. The van der Waals surface area contributed by atoms with Crippen LogP contribution in [0.2, 0.25) is 5.02 Å². The summed E-state index contributed by atoms with van der Waals surface area (Å²) in [7, 11) is -3.85. The van der Waals surface area contributed by atoms with Gasteiger partial charge in [-0.15, -0.1) is 11.8 Å². The molecular formula is C15H21ClN4O4S2. The first kappa shape index (κ1) is 22.4. The second-order valence-corrected chi connectivity index (χ2v) is 8.60. The van der Waals surface area contributed by atoms with Crippen LogP contribution in [0.25, 0.3) is 0 Å². The highest BCUT2D eigenvalue weighted by Gasteiger charge is 2.27. The van der Waals surface area contributed by atoms with Crippen LogP contribution in [-0.4, -0.2) is 60.9 Å². The zero-order valence-electron chi connectivity index (χ0n) is 14.3. The van der Waals surface area contributed by atoms with Crippen LogP contribution in [0, 0.1) is 0 Å². The van der Waals surface area contributed by atoms with Gasteiger partial charge in [0.15, 0.2) is 0 Å². The standard InChI is InChI=1S/C15H21ClN4O4S2/c1-3-25-11-19(10-12-4-6-13(16)7-5-12)15(22)20(14(21)18-2)8-9-26(17,23)24/h4-7H,2-3,8-11H2,1H3,(H2,17,23,24). The Morgan fingerprint density at radius 1 is 1.31 bits per heavy atom. The first-order chi connectivity index (χ1) is 12.2. The summed E-state index contributed by atoms with van der Waals surface area (Å²) in [6.07, 6.45) is 0. The smallest absolute Gasteiger partial charge is 0.311 e. The molecule has 144 valence electrons. The first-order valence-corrected chi connectivity index (χ1v) is 10.8. The van der Waals surface area contributed by atoms with Gasteiger partial charge in [0.2, 0.25) is 10.0 Å². The van der Waals surface area contributed by atoms with E-state index in [1.807, 2.05) is 6.92 Å². The molecule has 0 spiro atoms. The van der Waals surface area contributed by atoms with Crippen molar-refractivity contribution in [3.63, 3.8) is 0 Å². The number of halogens is 1. The Bertz CT molecular complexity index is 741. The lowest BCUT2D eigenvalue weighted by atomic mass is 10.2. The van der Waals surface area contributed by atoms with Crippen LogP contribution >= 0.6 is 23.4 Å². The molecule has 0 aliphatic heterocycles. The van der Waals surface area contributed by atoms with Gasteiger partial charge in [-0.2, -0.15) is 0 Å². The largest absolute Gasteiger partial charge is 0.351 e. The average molecular weight is 421 g/mol. The number of hydrogen-bond donors (Lipinski definition) is 1. The van der Waals surface area contributed by atoms with E-state index in [9.17, 15) is 18.0 Å². The Labute approximate surface area is 162 Å². The number of urea groups is 2. The number of sulfonamides is 1. The molecule has 4 amide bonds. The van der Waals surface area contributed by atoms with E-state index in [0.29, 0.717) is 10.9 Å². The van der Waals surface area contributed by atoms with Crippen LogP contribution in [0.3, 0.4) is 0 Å². The molecule has 0 atom stereocenters. The van der Waals surface area contributed by atoms with Gasteiger partial charge in [-0.05, 0) is 30.2 Å². The Kier molecular flexibility index (Phi) is 9.06. The molecule has 1 aromatic rings. The number of primary sulfonamides is 1. The Morgan fingerprint density at radius 3 is 2.42 bits per heavy atom. The molecule has 0 aliphatic rings. The van der Waals surface area contributed by atoms with Crippen molar-refractivity contribution < 1.29 is 18.0 Å². The number of imide groups is 1. The molecule has 0 radical (unpaired) electrons. The maximum atomic E-state index is 12.8. The van der Waals surface area contributed by atoms with Crippen molar-refractivity contribution in [1.82, 2.24) is 9.80 Å². The van der Waals surface area contributed by atoms with Crippen LogP contribution in [0.15, 0.2) is 29.3 Å². The molecule has 0 fully saturated rings. The van der Waals surface area contributed by atoms with Crippen molar-refractivity contribution in [3.05, 3.63) is 34.9 Å². The van der Waals surface area contributed by atoms with E-state index in [-0.39, 0.29) is 6.54 Å². The van der Waals surface area contributed by atoms with E-state index in [1.165, 1.54) is 16.7 Å². The van der Waals surface area contributed by atoms with Crippen LogP contribution < -0.4 is 5.14 Å². The average Bonchev–Trinajstić information content (AvgIpc) is 2.58. The van der Waals surface area contributed by atoms with Gasteiger partial charge in [-0.3, -0.25) is 0 Å². The molecule has 0 saturated carbocycles. The highest BCUT2D eigenvalue weighted by Crippen LogP contribution is 2.16. The fourth-order valence-electron chi connectivity index (χ4n) is 1.93. The second kappa shape index (κ2) is 10.5. The number of rotatable bonds is 8. The molecule has 1 rings (SSSR count). The molecule has 2 N–H and O–H groups in total. The lowest BCUT2D eigenvalue weighted by molar-refractivity contribution is 0.164. The first-order valence-electron chi connectivity index (χ1n) is 7.57. The maximum Gasteiger partial charge on any atom is 0.351 e. The minimum Gasteiger partial charge on any atom is -0.311 e. The Hall–Kier alpha value is -1.62. The van der Waals surface area contributed by atoms with Gasteiger partial charge >= 0.3 is 12.1 Å². The molecule has 0 unspecified atom stereocenters. The van der Waals surface area contributed by atoms with E-state index in [0.717, 1.165) is 16.2 Å². The van der Waals surface area contributed by atoms with Crippen molar-refractivity contribution in [2.24, 2.45) is 10.1 Å². The van der Waals surface area contributed by atoms with Crippen LogP contribution in [0.1, 0.15) is 12.5 Å². The quantitative estimate of drug-likeness (QED) is 0.512. The van der Waals surface area contributed by atoms with E-state index in [2.05, 4.69) is 11.7 Å². The lowest BCUT2D eigenvalue weighted by Gasteiger charge is -2.28. The van der Waals surface area contributed by atoms with Gasteiger partial charge in [0.05, 0.1) is 11.6 Å². The number of nitrogens with two attached hydrogens (primary N) is 1. The number of thioether (sulfide) groups is 1. The Balaban J connectivity index is 3.01. The highest BCUT2D eigenvalue weighted by atomic mass is 35.5. The molecule has 8 nitrogen and oxygen atoms in total. The minimum absolute atomic E-state index is 0.222. The summed E-state index contributed by atoms with van der Waals surface area (Å²) in [6.45, 7) is 4.87. The van der Waals surface area contributed by atoms with E-state index < -0.39 is 34.4 Å². The summed E-state index contributed by atoms with van der Waals surface area (Å²) in [5, 5.41) is 5.53. The van der Waals surface area contributed by atoms with Gasteiger partial charge in [0, 0.05) is 18.1 Å². The fraction of sp³-hybridized carbons (Fsp3) is 0.400. The van der Waals surface area contributed by atoms with Gasteiger partial charge in [-0.1, -0.05) is 30.7 Å². The van der Waals surface area contributed by atoms with Crippen molar-refractivity contribution in [1.29, 1.82) is 0 Å². The molecule has 0 aromatic heterocycles. The number of carbonyl (C=O) groups is 2. The molecule has 0 aliphatic carbocycles. The number of benzene rings is 1. The van der Waals surface area contributed by atoms with Crippen LogP contribution in [-0.2, 0) is 16.6 Å². The van der Waals surface area contributed by atoms with Crippen molar-refractivity contribution in [2.75, 3.05) is 23.9 Å². The number of carbonyl (C=O) groups excluding carboxylic acids is 2. The van der Waals surface area contributed by atoms with Crippen LogP contribution in [0.4, 0.5) is 9.59 Å². The molecule has 0 saturated heterocycles. The SMILES string of the molecule is C=NC(=O)N(CCS(N)(=O)=O)C(=O)N(CSCC)Cc1ccc(Cl)cc1. The Morgan fingerprint density at radius 2 is 1.92 bits per heavy atom. The van der Waals surface area contributed by atoms with E-state index in [4.69, 9.17) is 16.7 Å². The van der Waals surface area contributed by atoms with Crippen molar-refractivity contribution in [3.8, 4) is 0 Å². The minimum atomic E-state index is -3.85. The summed E-state index contributed by atoms with van der Waals surface area (Å²) in [5.74, 6) is 0.513. The normalized spacial score (nSPS) is 11.0. The number of nitrogens with zero attached hydrogens (tertiary/aromatic N) is 3. The van der Waals surface area contributed by atoms with Crippen molar-refractivity contribution >= 4 is 52.2 Å². The summed E-state index contributed by atoms with van der Waals surface area (Å²) in [5.41, 5.74) is 0.810.